The number of hydrogen-bond acceptors (Lipinski definition) is 9. The first-order valence-electron chi connectivity index (χ1n) is 13.7. The van der Waals surface area contributed by atoms with Gasteiger partial charge in [-0.2, -0.15) is 0 Å². The van der Waals surface area contributed by atoms with Crippen molar-refractivity contribution in [2.75, 3.05) is 30.2 Å². The SMILES string of the molecule is CCCCCCCCCCCCCCSSCCOP(=O)(O)CO[C@H](C)Cn1cnc2c(N)ncnc21. The molecule has 0 fully saturated rings. The highest BCUT2D eigenvalue weighted by Crippen LogP contribution is 2.42. The lowest BCUT2D eigenvalue weighted by Crippen LogP contribution is -2.17. The van der Waals surface area contributed by atoms with E-state index in [1.54, 1.807) is 21.7 Å². The van der Waals surface area contributed by atoms with Crippen LogP contribution in [-0.4, -0.2) is 55.0 Å². The number of nitrogen functional groups attached to an aromatic ring is 1. The lowest BCUT2D eigenvalue weighted by Gasteiger charge is -2.17. The van der Waals surface area contributed by atoms with Crippen molar-refractivity contribution in [1.29, 1.82) is 0 Å². The second-order valence-corrected chi connectivity index (χ2v) is 13.9. The predicted octanol–water partition coefficient (Wildman–Crippen LogP) is 7.06. The van der Waals surface area contributed by atoms with E-state index in [0.717, 1.165) is 5.75 Å². The summed E-state index contributed by atoms with van der Waals surface area (Å²) in [5, 5.41) is 0. The number of unbranched alkanes of at least 4 members (excludes halogenated alkanes) is 11. The fraction of sp³-hybridized carbons (Fsp3) is 0.800. The van der Waals surface area contributed by atoms with E-state index in [0.29, 0.717) is 29.3 Å². The van der Waals surface area contributed by atoms with Gasteiger partial charge < -0.3 is 24.5 Å². The Hall–Kier alpha value is -0.840. The number of hydrogen-bond donors (Lipinski definition) is 2. The van der Waals surface area contributed by atoms with E-state index in [4.69, 9.17) is 15.0 Å². The predicted molar refractivity (Wildman–Crippen MR) is 157 cm³/mol. The molecule has 0 amide bonds. The number of ether oxygens (including phenoxy) is 1. The number of aromatic nitrogens is 4. The Balaban J connectivity index is 1.41. The maximum atomic E-state index is 12.3. The van der Waals surface area contributed by atoms with Gasteiger partial charge in [0.1, 0.15) is 18.2 Å². The molecule has 2 aromatic heterocycles. The van der Waals surface area contributed by atoms with Crippen molar-refractivity contribution in [2.45, 2.75) is 104 Å². The Bertz CT molecular complexity index is 920. The molecule has 37 heavy (non-hydrogen) atoms. The minimum Gasteiger partial charge on any atom is -0.382 e. The van der Waals surface area contributed by atoms with E-state index in [9.17, 15) is 9.46 Å². The maximum Gasteiger partial charge on any atom is 0.353 e. The molecule has 9 nitrogen and oxygen atoms in total. The van der Waals surface area contributed by atoms with Crippen LogP contribution in [0.15, 0.2) is 12.7 Å². The largest absolute Gasteiger partial charge is 0.382 e. The standard InChI is InChI=1S/C25H46N5O4PS2/c1-3-4-5-6-7-8-9-10-11-12-13-14-16-36-37-17-15-34-35(31,32)21-33-22(2)18-30-20-29-23-24(26)27-19-28-25(23)30/h19-20,22H,3-18,21H2,1-2H3,(H,31,32)(H2,26,27,28)/t22-/m1/s1. The first-order valence-corrected chi connectivity index (χ1v) is 17.9. The zero-order chi connectivity index (χ0) is 26.8. The van der Waals surface area contributed by atoms with Gasteiger partial charge in [-0.05, 0) is 13.3 Å². The van der Waals surface area contributed by atoms with Crippen molar-refractivity contribution in [3.63, 3.8) is 0 Å². The van der Waals surface area contributed by atoms with Gasteiger partial charge in [-0.15, -0.1) is 0 Å². The molecule has 2 heterocycles. The minimum absolute atomic E-state index is 0.226. The molecule has 0 bridgehead atoms. The second-order valence-electron chi connectivity index (χ2n) is 9.44. The summed E-state index contributed by atoms with van der Waals surface area (Å²) in [6, 6.07) is 0. The van der Waals surface area contributed by atoms with Gasteiger partial charge in [0.05, 0.1) is 25.6 Å². The number of nitrogens with two attached hydrogens (primary N) is 1. The van der Waals surface area contributed by atoms with E-state index in [1.165, 1.54) is 83.4 Å². The zero-order valence-corrected chi connectivity index (χ0v) is 25.1. The van der Waals surface area contributed by atoms with Crippen molar-refractivity contribution in [1.82, 2.24) is 19.5 Å². The second kappa shape index (κ2) is 19.3. The van der Waals surface area contributed by atoms with Crippen LogP contribution < -0.4 is 5.73 Å². The van der Waals surface area contributed by atoms with Gasteiger partial charge in [0, 0.05) is 11.5 Å². The molecule has 0 spiro atoms. The van der Waals surface area contributed by atoms with E-state index < -0.39 is 7.60 Å². The van der Waals surface area contributed by atoms with Crippen LogP contribution in [0.5, 0.6) is 0 Å². The summed E-state index contributed by atoms with van der Waals surface area (Å²) in [6.07, 6.45) is 18.6. The Labute approximate surface area is 230 Å². The molecule has 0 saturated heterocycles. The summed E-state index contributed by atoms with van der Waals surface area (Å²) >= 11 is 0. The van der Waals surface area contributed by atoms with Crippen LogP contribution in [0.4, 0.5) is 5.82 Å². The average Bonchev–Trinajstić information content (AvgIpc) is 3.28. The molecule has 2 aromatic rings. The fourth-order valence-corrected chi connectivity index (χ4v) is 6.95. The van der Waals surface area contributed by atoms with Crippen LogP contribution in [0.1, 0.15) is 90.9 Å². The van der Waals surface area contributed by atoms with Crippen LogP contribution >= 0.6 is 29.2 Å². The summed E-state index contributed by atoms with van der Waals surface area (Å²) < 4.78 is 24.8. The minimum atomic E-state index is -3.80. The van der Waals surface area contributed by atoms with Crippen molar-refractivity contribution in [2.24, 2.45) is 0 Å². The quantitative estimate of drug-likeness (QED) is 0.0808. The third-order valence-electron chi connectivity index (χ3n) is 6.03. The summed E-state index contributed by atoms with van der Waals surface area (Å²) in [6.45, 7) is 4.73. The maximum absolute atomic E-state index is 12.3. The van der Waals surface area contributed by atoms with Crippen LogP contribution in [0, 0.1) is 0 Å². The van der Waals surface area contributed by atoms with E-state index in [2.05, 4.69) is 21.9 Å². The van der Waals surface area contributed by atoms with E-state index >= 15 is 0 Å². The van der Waals surface area contributed by atoms with Crippen LogP contribution in [0.3, 0.4) is 0 Å². The van der Waals surface area contributed by atoms with Gasteiger partial charge in [0.25, 0.3) is 0 Å². The first kappa shape index (κ1) is 32.4. The number of fused-ring (bicyclic) bond motifs is 1. The fourth-order valence-electron chi connectivity index (χ4n) is 3.95. The third-order valence-corrected chi connectivity index (χ3v) is 9.55. The Morgan fingerprint density at radius 2 is 1.59 bits per heavy atom. The number of imidazole rings is 1. The molecule has 1 unspecified atom stereocenters. The van der Waals surface area contributed by atoms with Crippen molar-refractivity contribution in [3.05, 3.63) is 12.7 Å². The van der Waals surface area contributed by atoms with Crippen LogP contribution in [-0.2, 0) is 20.4 Å². The summed E-state index contributed by atoms with van der Waals surface area (Å²) in [5.74, 6) is 2.10. The highest BCUT2D eigenvalue weighted by Gasteiger charge is 2.21. The molecule has 0 aliphatic heterocycles. The molecule has 212 valence electrons. The Morgan fingerprint density at radius 3 is 2.27 bits per heavy atom. The van der Waals surface area contributed by atoms with Crippen molar-refractivity contribution >= 4 is 46.2 Å². The molecule has 0 radical (unpaired) electrons. The lowest BCUT2D eigenvalue weighted by atomic mass is 10.1. The Morgan fingerprint density at radius 1 is 0.973 bits per heavy atom. The van der Waals surface area contributed by atoms with Crippen molar-refractivity contribution < 1.29 is 18.7 Å². The van der Waals surface area contributed by atoms with Gasteiger partial charge in [-0.25, -0.2) is 15.0 Å². The molecule has 0 saturated carbocycles. The van der Waals surface area contributed by atoms with Crippen LogP contribution in [0.25, 0.3) is 11.2 Å². The number of rotatable bonds is 23. The van der Waals surface area contributed by atoms with Gasteiger partial charge >= 0.3 is 7.60 Å². The highest BCUT2D eigenvalue weighted by atomic mass is 33.1. The van der Waals surface area contributed by atoms with Gasteiger partial charge in [-0.3, -0.25) is 4.57 Å². The first-order chi connectivity index (χ1) is 17.9. The van der Waals surface area contributed by atoms with E-state index in [-0.39, 0.29) is 19.1 Å². The summed E-state index contributed by atoms with van der Waals surface area (Å²) in [5.41, 5.74) is 6.93. The normalized spacial score (nSPS) is 14.2. The molecule has 0 aliphatic carbocycles. The topological polar surface area (TPSA) is 125 Å². The smallest absolute Gasteiger partial charge is 0.353 e. The van der Waals surface area contributed by atoms with E-state index in [1.807, 2.05) is 17.7 Å². The molecular weight excluding hydrogens is 529 g/mol. The monoisotopic (exact) mass is 575 g/mol. The van der Waals surface area contributed by atoms with Crippen molar-refractivity contribution in [3.8, 4) is 0 Å². The highest BCUT2D eigenvalue weighted by molar-refractivity contribution is 8.76. The average molecular weight is 576 g/mol. The summed E-state index contributed by atoms with van der Waals surface area (Å²) in [4.78, 5) is 22.4. The van der Waals surface area contributed by atoms with Gasteiger partial charge in [0.15, 0.2) is 11.5 Å². The third kappa shape index (κ3) is 14.2. The molecule has 0 aliphatic rings. The van der Waals surface area contributed by atoms with Gasteiger partial charge in [-0.1, -0.05) is 99.1 Å². The number of anilines is 1. The number of nitrogens with zero attached hydrogens (tertiary/aromatic N) is 4. The molecule has 2 atom stereocenters. The zero-order valence-electron chi connectivity index (χ0n) is 22.6. The lowest BCUT2D eigenvalue weighted by molar-refractivity contribution is 0.0724. The van der Waals surface area contributed by atoms with Gasteiger partial charge in [0.2, 0.25) is 0 Å². The Kier molecular flexibility index (Phi) is 16.8. The molecule has 3 N–H and O–H groups in total. The summed E-state index contributed by atoms with van der Waals surface area (Å²) in [7, 11) is -0.292. The molecule has 0 aromatic carbocycles. The van der Waals surface area contributed by atoms with Crippen LogP contribution in [0.2, 0.25) is 0 Å². The molecular formula is C25H46N5O4PS2. The molecule has 2 rings (SSSR count). The molecule has 12 heteroatoms.